The van der Waals surface area contributed by atoms with Gasteiger partial charge in [-0.2, -0.15) is 0 Å². The summed E-state index contributed by atoms with van der Waals surface area (Å²) in [5.74, 6) is 0.748. The van der Waals surface area contributed by atoms with Gasteiger partial charge in [0.15, 0.2) is 0 Å². The Morgan fingerprint density at radius 2 is 1.72 bits per heavy atom. The van der Waals surface area contributed by atoms with E-state index in [9.17, 15) is 0 Å². The summed E-state index contributed by atoms with van der Waals surface area (Å²) in [6.45, 7) is 11.9. The van der Waals surface area contributed by atoms with E-state index in [-0.39, 0.29) is 45.1 Å². The van der Waals surface area contributed by atoms with Gasteiger partial charge in [0.2, 0.25) is 0 Å². The summed E-state index contributed by atoms with van der Waals surface area (Å²) in [7, 11) is 0.193. The zero-order valence-corrected chi connectivity index (χ0v) is 16.7. The van der Waals surface area contributed by atoms with Gasteiger partial charge in [-0.05, 0) is 0 Å². The van der Waals surface area contributed by atoms with Crippen molar-refractivity contribution in [3.8, 4) is 0 Å². The molecule has 0 radical (unpaired) electrons. The third-order valence-electron chi connectivity index (χ3n) is 2.94. The molecule has 0 aromatic heterocycles. The Hall–Kier alpha value is 1.49. The molecule has 0 aromatic rings. The number of rotatable bonds is 3. The second-order valence-corrected chi connectivity index (χ2v) is 9.19. The maximum absolute atomic E-state index is 2.39. The molecule has 0 saturated heterocycles. The van der Waals surface area contributed by atoms with Crippen LogP contribution in [0.3, 0.4) is 0 Å². The van der Waals surface area contributed by atoms with Crippen LogP contribution in [0.2, 0.25) is 0 Å². The van der Waals surface area contributed by atoms with Crippen LogP contribution in [0.5, 0.6) is 0 Å². The average Bonchev–Trinajstić information content (AvgIpc) is 2.45. The van der Waals surface area contributed by atoms with E-state index in [1.54, 1.807) is 9.45 Å². The Balaban J connectivity index is -0.000000750. The van der Waals surface area contributed by atoms with Gasteiger partial charge in [-0.1, -0.05) is 0 Å². The van der Waals surface area contributed by atoms with E-state index in [1.165, 1.54) is 12.6 Å². The molecular formula is C13H25Cl3PTi. The zero-order chi connectivity index (χ0) is 11.6. The van der Waals surface area contributed by atoms with Gasteiger partial charge in [-0.15, -0.1) is 37.2 Å². The predicted octanol–water partition coefficient (Wildman–Crippen LogP) is 5.42. The van der Waals surface area contributed by atoms with Crippen molar-refractivity contribution in [2.45, 2.75) is 27.2 Å². The third-order valence-corrected chi connectivity index (χ3v) is 4.80. The Labute approximate surface area is 144 Å². The molecule has 0 spiro atoms. The van der Waals surface area contributed by atoms with Crippen molar-refractivity contribution in [3.63, 3.8) is 0 Å². The van der Waals surface area contributed by atoms with Gasteiger partial charge in [-0.3, -0.25) is 0 Å². The van der Waals surface area contributed by atoms with E-state index < -0.39 is 0 Å². The van der Waals surface area contributed by atoms with Crippen LogP contribution in [-0.4, -0.2) is 19.5 Å². The van der Waals surface area contributed by atoms with E-state index in [4.69, 9.17) is 0 Å². The summed E-state index contributed by atoms with van der Waals surface area (Å²) in [4.78, 5) is 0. The first-order valence-electron chi connectivity index (χ1n) is 5.58. The standard InChI is InChI=1S/C13H22P.3ClH.Ti/c1-13(2,3)12(10-14(4)5)11-8-6-7-9-11;;;;/h6,8,12H,7,10H2,1-5H3;3*1H;. The molecule has 1 aliphatic rings. The molecular weight excluding hydrogens is 341 g/mol. The Bertz CT molecular complexity index is 293. The number of hydrogen-bond acceptors (Lipinski definition) is 0. The van der Waals surface area contributed by atoms with Crippen molar-refractivity contribution in [2.24, 2.45) is 11.3 Å². The molecule has 1 aliphatic carbocycles. The van der Waals surface area contributed by atoms with Crippen molar-refractivity contribution in [3.05, 3.63) is 21.6 Å². The molecule has 0 fully saturated rings. The maximum atomic E-state index is 2.39. The second-order valence-electron chi connectivity index (χ2n) is 5.72. The smallest absolute Gasteiger partial charge is 0.147 e. The summed E-state index contributed by atoms with van der Waals surface area (Å²) >= 11 is 2.29. The fourth-order valence-corrected chi connectivity index (χ4v) is 4.11. The molecule has 0 aliphatic heterocycles. The fraction of sp³-hybridized carbons (Fsp3) is 0.692. The minimum Gasteiger partial charge on any atom is -0.147 e. The molecule has 1 atom stereocenters. The Morgan fingerprint density at radius 1 is 1.22 bits per heavy atom. The number of halogens is 3. The van der Waals surface area contributed by atoms with Crippen LogP contribution in [0.15, 0.2) is 21.6 Å². The molecule has 107 valence electrons. The van der Waals surface area contributed by atoms with Crippen molar-refractivity contribution >= 4 is 45.1 Å². The molecule has 0 nitrogen and oxygen atoms in total. The summed E-state index contributed by atoms with van der Waals surface area (Å²) in [5, 5.41) is 0. The van der Waals surface area contributed by atoms with Crippen molar-refractivity contribution in [1.82, 2.24) is 0 Å². The van der Waals surface area contributed by atoms with E-state index in [0.717, 1.165) is 5.92 Å². The van der Waals surface area contributed by atoms with Gasteiger partial charge < -0.3 is 0 Å². The minimum absolute atomic E-state index is 0. The van der Waals surface area contributed by atoms with Crippen LogP contribution in [0.1, 0.15) is 27.2 Å². The molecule has 0 bridgehead atoms. The summed E-state index contributed by atoms with van der Waals surface area (Å²) in [6, 6.07) is 0. The molecule has 5 heteroatoms. The molecule has 0 amide bonds. The predicted molar refractivity (Wildman–Crippen MR) is 89.1 cm³/mol. The van der Waals surface area contributed by atoms with Crippen LogP contribution in [0.4, 0.5) is 0 Å². The summed E-state index contributed by atoms with van der Waals surface area (Å²) < 4.78 is 1.59. The van der Waals surface area contributed by atoms with E-state index >= 15 is 0 Å². The average molecular weight is 367 g/mol. The molecule has 18 heavy (non-hydrogen) atoms. The monoisotopic (exact) mass is 365 g/mol. The van der Waals surface area contributed by atoms with E-state index in [1.807, 2.05) is 0 Å². The first kappa shape index (κ1) is 24.5. The maximum Gasteiger partial charge on any atom is -0.147 e. The quantitative estimate of drug-likeness (QED) is 0.462. The Kier molecular flexibility index (Phi) is 14.0. The van der Waals surface area contributed by atoms with E-state index in [2.05, 4.69) is 66.7 Å². The first-order chi connectivity index (χ1) is 6.82. The SMILES string of the molecule is CP(C)CC(C1=[C]([Ti])CC=C1)C(C)(C)C.Cl.Cl.Cl. The van der Waals surface area contributed by atoms with Gasteiger partial charge in [0.05, 0.1) is 0 Å². The largest absolute Gasteiger partial charge is 0.147 e. The van der Waals surface area contributed by atoms with Gasteiger partial charge in [0.25, 0.3) is 0 Å². The number of allylic oxidation sites excluding steroid dienone is 4. The van der Waals surface area contributed by atoms with Gasteiger partial charge in [0.1, 0.15) is 0 Å². The molecule has 0 aromatic carbocycles. The third kappa shape index (κ3) is 7.32. The molecule has 0 heterocycles. The number of hydrogen-bond donors (Lipinski definition) is 0. The molecule has 1 rings (SSSR count). The topological polar surface area (TPSA) is 0 Å². The van der Waals surface area contributed by atoms with Crippen LogP contribution < -0.4 is 0 Å². The van der Waals surface area contributed by atoms with Crippen molar-refractivity contribution in [1.29, 1.82) is 0 Å². The fourth-order valence-electron chi connectivity index (χ4n) is 2.05. The van der Waals surface area contributed by atoms with Gasteiger partial charge in [-0.25, -0.2) is 0 Å². The van der Waals surface area contributed by atoms with Crippen LogP contribution in [0.25, 0.3) is 0 Å². The van der Waals surface area contributed by atoms with Gasteiger partial charge in [0, 0.05) is 0 Å². The molecule has 0 saturated carbocycles. The van der Waals surface area contributed by atoms with Crippen LogP contribution in [0, 0.1) is 11.3 Å². The first-order valence-corrected chi connectivity index (χ1v) is 8.78. The summed E-state index contributed by atoms with van der Waals surface area (Å²) in [6.07, 6.45) is 7.23. The minimum atomic E-state index is 0. The van der Waals surface area contributed by atoms with Gasteiger partial charge >= 0.3 is 108 Å². The van der Waals surface area contributed by atoms with Crippen molar-refractivity contribution < 1.29 is 20.4 Å². The molecule has 1 unspecified atom stereocenters. The van der Waals surface area contributed by atoms with E-state index in [0.29, 0.717) is 5.41 Å². The van der Waals surface area contributed by atoms with Crippen LogP contribution >= 0.6 is 45.1 Å². The van der Waals surface area contributed by atoms with Crippen molar-refractivity contribution in [2.75, 3.05) is 19.5 Å². The normalized spacial score (nSPS) is 15.8. The second kappa shape index (κ2) is 10.3. The zero-order valence-electron chi connectivity index (χ0n) is 11.8. The summed E-state index contributed by atoms with van der Waals surface area (Å²) in [5.41, 5.74) is 2.02. The molecule has 0 N–H and O–H groups in total. The Morgan fingerprint density at radius 3 is 2.00 bits per heavy atom. The van der Waals surface area contributed by atoms with Crippen LogP contribution in [-0.2, 0) is 20.4 Å².